The number of hydrogen-bond acceptors (Lipinski definition) is 5. The van der Waals surface area contributed by atoms with Gasteiger partial charge in [0, 0.05) is 11.8 Å². The fraction of sp³-hybridized carbons (Fsp3) is 0.150. The molecule has 0 N–H and O–H groups in total. The molecule has 0 bridgehead atoms. The molecule has 0 fully saturated rings. The van der Waals surface area contributed by atoms with E-state index < -0.39 is 11.7 Å². The van der Waals surface area contributed by atoms with Crippen LogP contribution in [0.15, 0.2) is 54.9 Å². The van der Waals surface area contributed by atoms with Crippen LogP contribution < -0.4 is 14.4 Å². The lowest BCUT2D eigenvalue weighted by Gasteiger charge is -2.20. The normalized spacial score (nSPS) is 13.5. The summed E-state index contributed by atoms with van der Waals surface area (Å²) in [7, 11) is 0. The number of anilines is 1. The summed E-state index contributed by atoms with van der Waals surface area (Å²) in [4.78, 5) is 22.0. The highest BCUT2D eigenvalue weighted by Crippen LogP contribution is 2.30. The van der Waals surface area contributed by atoms with Crippen molar-refractivity contribution in [3.8, 4) is 11.6 Å². The van der Waals surface area contributed by atoms with E-state index in [1.165, 1.54) is 23.4 Å². The zero-order valence-corrected chi connectivity index (χ0v) is 15.4. The fourth-order valence-corrected chi connectivity index (χ4v) is 3.07. The highest BCUT2D eigenvalue weighted by Gasteiger charge is 2.29. The third-order valence-electron chi connectivity index (χ3n) is 4.24. The van der Waals surface area contributed by atoms with E-state index in [1.54, 1.807) is 6.07 Å². The molecule has 0 unspecified atom stereocenters. The standard InChI is InChI=1S/C20H15ClFN3O3/c21-18-17-19(24-12-23-18)27-9-8-25(20(17)26)14-6-7-16(15(22)10-14)28-11-13-4-2-1-3-5-13/h1-7,10,12H,8-9,11H2. The van der Waals surface area contributed by atoms with Crippen LogP contribution in [0, 0.1) is 5.82 Å². The molecule has 1 aliphatic heterocycles. The average molecular weight is 400 g/mol. The number of fused-ring (bicyclic) bond motifs is 1. The predicted molar refractivity (Wildman–Crippen MR) is 101 cm³/mol. The van der Waals surface area contributed by atoms with Gasteiger partial charge < -0.3 is 14.4 Å². The molecule has 0 aliphatic carbocycles. The fourth-order valence-electron chi connectivity index (χ4n) is 2.86. The second-order valence-electron chi connectivity index (χ2n) is 6.04. The van der Waals surface area contributed by atoms with E-state index in [9.17, 15) is 9.18 Å². The van der Waals surface area contributed by atoms with Gasteiger partial charge in [0.15, 0.2) is 11.6 Å². The van der Waals surface area contributed by atoms with Crippen molar-refractivity contribution in [1.82, 2.24) is 9.97 Å². The summed E-state index contributed by atoms with van der Waals surface area (Å²) >= 11 is 6.05. The summed E-state index contributed by atoms with van der Waals surface area (Å²) in [6, 6.07) is 13.8. The second-order valence-corrected chi connectivity index (χ2v) is 6.40. The number of carbonyl (C=O) groups is 1. The van der Waals surface area contributed by atoms with Gasteiger partial charge in [-0.15, -0.1) is 0 Å². The van der Waals surface area contributed by atoms with Crippen LogP contribution >= 0.6 is 11.6 Å². The number of benzene rings is 2. The first-order chi connectivity index (χ1) is 13.6. The maximum atomic E-state index is 14.6. The summed E-state index contributed by atoms with van der Waals surface area (Å²) in [5.74, 6) is -0.791. The van der Waals surface area contributed by atoms with Gasteiger partial charge in [-0.25, -0.2) is 14.4 Å². The van der Waals surface area contributed by atoms with Crippen LogP contribution in [-0.2, 0) is 6.61 Å². The molecule has 28 heavy (non-hydrogen) atoms. The summed E-state index contributed by atoms with van der Waals surface area (Å²) < 4.78 is 25.6. The lowest BCUT2D eigenvalue weighted by Crippen LogP contribution is -2.32. The molecule has 142 valence electrons. The molecule has 1 aromatic heterocycles. The van der Waals surface area contributed by atoms with Gasteiger partial charge in [0.05, 0.1) is 6.54 Å². The van der Waals surface area contributed by atoms with Crippen LogP contribution in [0.5, 0.6) is 11.6 Å². The van der Waals surface area contributed by atoms with Crippen LogP contribution in [0.25, 0.3) is 0 Å². The largest absolute Gasteiger partial charge is 0.486 e. The number of nitrogens with zero attached hydrogens (tertiary/aromatic N) is 3. The Bertz CT molecular complexity index is 1020. The Kier molecular flexibility index (Phi) is 5.08. The highest BCUT2D eigenvalue weighted by atomic mass is 35.5. The molecular formula is C20H15ClFN3O3. The molecule has 0 radical (unpaired) electrons. The van der Waals surface area contributed by atoms with Gasteiger partial charge in [0.2, 0.25) is 5.88 Å². The van der Waals surface area contributed by atoms with Gasteiger partial charge in [-0.05, 0) is 17.7 Å². The number of carbonyl (C=O) groups excluding carboxylic acids is 1. The first kappa shape index (κ1) is 18.2. The van der Waals surface area contributed by atoms with E-state index in [0.29, 0.717) is 5.69 Å². The molecule has 1 aliphatic rings. The number of amides is 1. The van der Waals surface area contributed by atoms with Gasteiger partial charge in [0.1, 0.15) is 30.3 Å². The van der Waals surface area contributed by atoms with Crippen LogP contribution in [0.4, 0.5) is 10.1 Å². The average Bonchev–Trinajstić information content (AvgIpc) is 2.87. The maximum absolute atomic E-state index is 14.6. The Labute approximate surface area is 165 Å². The van der Waals surface area contributed by atoms with Crippen molar-refractivity contribution in [1.29, 1.82) is 0 Å². The summed E-state index contributed by atoms with van der Waals surface area (Å²) in [5, 5.41) is -0.00909. The lowest BCUT2D eigenvalue weighted by molar-refractivity contribution is 0.0989. The van der Waals surface area contributed by atoms with Crippen molar-refractivity contribution < 1.29 is 18.7 Å². The quantitative estimate of drug-likeness (QED) is 0.623. The molecule has 3 aromatic rings. The SMILES string of the molecule is O=C1c2c(Cl)ncnc2OCCN1c1ccc(OCc2ccccc2)c(F)c1. The zero-order valence-electron chi connectivity index (χ0n) is 14.6. The van der Waals surface area contributed by atoms with Crippen LogP contribution in [0.2, 0.25) is 5.15 Å². The Morgan fingerprint density at radius 2 is 2.00 bits per heavy atom. The third-order valence-corrected chi connectivity index (χ3v) is 4.53. The Balaban J connectivity index is 1.57. The number of rotatable bonds is 4. The van der Waals surface area contributed by atoms with E-state index in [1.807, 2.05) is 30.3 Å². The Morgan fingerprint density at radius 1 is 1.18 bits per heavy atom. The van der Waals surface area contributed by atoms with Crippen molar-refractivity contribution in [3.05, 3.63) is 77.0 Å². The molecule has 0 spiro atoms. The molecule has 6 nitrogen and oxygen atoms in total. The van der Waals surface area contributed by atoms with Crippen molar-refractivity contribution in [2.45, 2.75) is 6.61 Å². The van der Waals surface area contributed by atoms with E-state index in [4.69, 9.17) is 21.1 Å². The van der Waals surface area contributed by atoms with Gasteiger partial charge in [-0.3, -0.25) is 4.79 Å². The molecule has 1 amide bonds. The van der Waals surface area contributed by atoms with E-state index in [0.717, 1.165) is 5.56 Å². The molecular weight excluding hydrogens is 385 g/mol. The monoisotopic (exact) mass is 399 g/mol. The van der Waals surface area contributed by atoms with Crippen LogP contribution in [0.1, 0.15) is 15.9 Å². The number of aromatic nitrogens is 2. The van der Waals surface area contributed by atoms with Gasteiger partial charge >= 0.3 is 0 Å². The van der Waals surface area contributed by atoms with Crippen molar-refractivity contribution in [2.75, 3.05) is 18.1 Å². The van der Waals surface area contributed by atoms with Gasteiger partial charge in [0.25, 0.3) is 5.91 Å². The molecule has 0 atom stereocenters. The summed E-state index contributed by atoms with van der Waals surface area (Å²) in [5.41, 5.74) is 1.36. The molecule has 0 saturated carbocycles. The maximum Gasteiger partial charge on any atom is 0.267 e. The van der Waals surface area contributed by atoms with Crippen LogP contribution in [-0.4, -0.2) is 29.0 Å². The molecule has 2 heterocycles. The number of halogens is 2. The number of hydrogen-bond donors (Lipinski definition) is 0. The lowest BCUT2D eigenvalue weighted by atomic mass is 10.2. The molecule has 8 heteroatoms. The highest BCUT2D eigenvalue weighted by molar-refractivity contribution is 6.33. The molecule has 0 saturated heterocycles. The minimum absolute atomic E-state index is 0.00909. The zero-order chi connectivity index (χ0) is 19.5. The van der Waals surface area contributed by atoms with Crippen molar-refractivity contribution in [3.63, 3.8) is 0 Å². The molecule has 2 aromatic carbocycles. The van der Waals surface area contributed by atoms with Gasteiger partial charge in [-0.2, -0.15) is 0 Å². The summed E-state index contributed by atoms with van der Waals surface area (Å²) in [6.45, 7) is 0.656. The summed E-state index contributed by atoms with van der Waals surface area (Å²) in [6.07, 6.45) is 1.22. The van der Waals surface area contributed by atoms with E-state index in [2.05, 4.69) is 9.97 Å². The van der Waals surface area contributed by atoms with E-state index in [-0.39, 0.29) is 42.1 Å². The smallest absolute Gasteiger partial charge is 0.267 e. The Hall–Kier alpha value is -3.19. The topological polar surface area (TPSA) is 64.5 Å². The first-order valence-electron chi connectivity index (χ1n) is 8.55. The van der Waals surface area contributed by atoms with Gasteiger partial charge in [-0.1, -0.05) is 41.9 Å². The number of ether oxygens (including phenoxy) is 2. The minimum Gasteiger partial charge on any atom is -0.486 e. The minimum atomic E-state index is -0.568. The van der Waals surface area contributed by atoms with E-state index >= 15 is 0 Å². The molecule has 4 rings (SSSR count). The second kappa shape index (κ2) is 7.82. The van der Waals surface area contributed by atoms with Crippen LogP contribution in [0.3, 0.4) is 0 Å². The first-order valence-corrected chi connectivity index (χ1v) is 8.92. The van der Waals surface area contributed by atoms with Crippen molar-refractivity contribution >= 4 is 23.2 Å². The Morgan fingerprint density at radius 3 is 2.79 bits per heavy atom. The van der Waals surface area contributed by atoms with Crippen molar-refractivity contribution in [2.24, 2.45) is 0 Å². The predicted octanol–water partition coefficient (Wildman–Crippen LogP) is 3.89. The third kappa shape index (κ3) is 3.61.